The highest BCUT2D eigenvalue weighted by molar-refractivity contribution is 6.29. The molecular formula is C15H11FN2O5. The molecule has 0 radical (unpaired) electrons. The number of carbonyl (C=O) groups is 4. The number of hydrogen-bond donors (Lipinski definition) is 2. The minimum Gasteiger partial charge on any atom is -0.480 e. The van der Waals surface area contributed by atoms with Gasteiger partial charge in [0.2, 0.25) is 5.91 Å². The van der Waals surface area contributed by atoms with Gasteiger partial charge in [-0.3, -0.25) is 19.2 Å². The van der Waals surface area contributed by atoms with Gasteiger partial charge in [-0.1, -0.05) is 0 Å². The quantitative estimate of drug-likeness (QED) is 0.767. The number of benzene rings is 1. The Balaban J connectivity index is 2.53. The Labute approximate surface area is 129 Å². The van der Waals surface area contributed by atoms with E-state index in [1.807, 2.05) is 5.32 Å². The van der Waals surface area contributed by atoms with Crippen LogP contribution in [0.5, 0.6) is 0 Å². The molecule has 0 spiro atoms. The molecule has 0 bridgehead atoms. The number of aliphatic carboxylic acids is 1. The second kappa shape index (κ2) is 5.61. The van der Waals surface area contributed by atoms with E-state index in [9.17, 15) is 28.8 Å². The molecule has 7 nitrogen and oxygen atoms in total. The number of rotatable bonds is 3. The molecule has 0 aromatic heterocycles. The first-order chi connectivity index (χ1) is 10.7. The lowest BCUT2D eigenvalue weighted by atomic mass is 9.66. The minimum atomic E-state index is -1.88. The first-order valence-electron chi connectivity index (χ1n) is 6.51. The summed E-state index contributed by atoms with van der Waals surface area (Å²) in [6, 6.07) is 4.72. The summed E-state index contributed by atoms with van der Waals surface area (Å²) in [6.07, 6.45) is 0. The molecule has 2 N–H and O–H groups in total. The first kappa shape index (κ1) is 16.3. The van der Waals surface area contributed by atoms with Crippen molar-refractivity contribution >= 4 is 23.4 Å². The predicted molar refractivity (Wildman–Crippen MR) is 72.8 cm³/mol. The molecule has 1 aliphatic rings. The summed E-state index contributed by atoms with van der Waals surface area (Å²) in [5.41, 5.74) is -2.08. The number of hydrogen-bond acceptors (Lipinski definition) is 5. The van der Waals surface area contributed by atoms with Crippen molar-refractivity contribution < 1.29 is 28.7 Å². The molecule has 0 saturated heterocycles. The smallest absolute Gasteiger partial charge is 0.322 e. The molecule has 1 aromatic carbocycles. The van der Waals surface area contributed by atoms with Gasteiger partial charge in [-0.2, -0.15) is 5.26 Å². The van der Waals surface area contributed by atoms with Crippen molar-refractivity contribution in [3.63, 3.8) is 0 Å². The van der Waals surface area contributed by atoms with Gasteiger partial charge in [0, 0.05) is 5.56 Å². The lowest BCUT2D eigenvalue weighted by molar-refractivity contribution is -0.140. The summed E-state index contributed by atoms with van der Waals surface area (Å²) < 4.78 is 13.4. The summed E-state index contributed by atoms with van der Waals surface area (Å²) in [4.78, 5) is 47.3. The average Bonchev–Trinajstić information content (AvgIpc) is 2.50. The highest BCUT2D eigenvalue weighted by Crippen LogP contribution is 2.37. The van der Waals surface area contributed by atoms with Gasteiger partial charge >= 0.3 is 5.97 Å². The molecule has 0 heterocycles. The number of nitriles is 1. The van der Waals surface area contributed by atoms with Gasteiger partial charge in [0.25, 0.3) is 0 Å². The lowest BCUT2D eigenvalue weighted by Gasteiger charge is -2.31. The number of carboxylic acid groups (broad SMARTS) is 1. The fraction of sp³-hybridized carbons (Fsp3) is 0.267. The second-order valence-corrected chi connectivity index (χ2v) is 5.20. The number of carbonyl (C=O) groups excluding carboxylic acids is 3. The largest absolute Gasteiger partial charge is 0.480 e. The van der Waals surface area contributed by atoms with E-state index in [4.69, 9.17) is 5.11 Å². The monoisotopic (exact) mass is 318 g/mol. The third kappa shape index (κ3) is 2.57. The maximum Gasteiger partial charge on any atom is 0.322 e. The Kier molecular flexibility index (Phi) is 3.97. The van der Waals surface area contributed by atoms with E-state index < -0.39 is 47.1 Å². The van der Waals surface area contributed by atoms with Gasteiger partial charge in [0.1, 0.15) is 17.8 Å². The minimum absolute atomic E-state index is 0.0997. The molecule has 0 fully saturated rings. The van der Waals surface area contributed by atoms with Crippen LogP contribution in [0.2, 0.25) is 0 Å². The Morgan fingerprint density at radius 2 is 2.09 bits per heavy atom. The first-order valence-corrected chi connectivity index (χ1v) is 6.51. The number of carboxylic acids is 1. The van der Waals surface area contributed by atoms with E-state index in [2.05, 4.69) is 0 Å². The van der Waals surface area contributed by atoms with Crippen molar-refractivity contribution in [2.24, 2.45) is 5.92 Å². The van der Waals surface area contributed by atoms with Crippen molar-refractivity contribution in [1.29, 1.82) is 5.26 Å². The van der Waals surface area contributed by atoms with Crippen molar-refractivity contribution in [3.8, 4) is 6.07 Å². The standard InChI is InChI=1S/C15H11FN2O5/c1-15(6-17)9-4-7(16)2-3-8(9)12(21)11(13(15)22)14(23)18-5-10(19)20/h2-4,11H,5H2,1H3,(H,18,23)(H,19,20)/t11?,15-/m0/s1. The summed E-state index contributed by atoms with van der Waals surface area (Å²) >= 11 is 0. The normalized spacial score (nSPS) is 22.9. The van der Waals surface area contributed by atoms with Crippen molar-refractivity contribution in [2.45, 2.75) is 12.3 Å². The summed E-state index contributed by atoms with van der Waals surface area (Å²) in [7, 11) is 0. The van der Waals surface area contributed by atoms with E-state index >= 15 is 0 Å². The number of nitrogens with zero attached hydrogens (tertiary/aromatic N) is 1. The molecular weight excluding hydrogens is 307 g/mol. The van der Waals surface area contributed by atoms with Crippen LogP contribution in [0.3, 0.4) is 0 Å². The third-order valence-corrected chi connectivity index (χ3v) is 3.70. The van der Waals surface area contributed by atoms with Crippen molar-refractivity contribution in [2.75, 3.05) is 6.54 Å². The number of halogens is 1. The average molecular weight is 318 g/mol. The van der Waals surface area contributed by atoms with Crippen LogP contribution in [-0.2, 0) is 19.8 Å². The van der Waals surface area contributed by atoms with E-state index in [-0.39, 0.29) is 11.1 Å². The molecule has 0 saturated carbocycles. The van der Waals surface area contributed by atoms with E-state index in [1.165, 1.54) is 6.92 Å². The zero-order chi connectivity index (χ0) is 17.4. The van der Waals surface area contributed by atoms with Gasteiger partial charge in [-0.15, -0.1) is 0 Å². The molecule has 1 unspecified atom stereocenters. The molecule has 0 aliphatic heterocycles. The zero-order valence-electron chi connectivity index (χ0n) is 11.9. The predicted octanol–water partition coefficient (Wildman–Crippen LogP) is 0.189. The molecule has 1 aliphatic carbocycles. The van der Waals surface area contributed by atoms with Gasteiger partial charge in [-0.25, -0.2) is 4.39 Å². The maximum atomic E-state index is 13.4. The van der Waals surface area contributed by atoms with Gasteiger partial charge in [-0.05, 0) is 30.7 Å². The molecule has 23 heavy (non-hydrogen) atoms. The molecule has 8 heteroatoms. The fourth-order valence-electron chi connectivity index (χ4n) is 2.46. The van der Waals surface area contributed by atoms with Gasteiger partial charge in [0.15, 0.2) is 17.5 Å². The van der Waals surface area contributed by atoms with E-state index in [1.54, 1.807) is 6.07 Å². The van der Waals surface area contributed by atoms with Gasteiger partial charge in [0.05, 0.1) is 6.07 Å². The summed E-state index contributed by atoms with van der Waals surface area (Å²) in [6.45, 7) is 0.424. The maximum absolute atomic E-state index is 13.4. The van der Waals surface area contributed by atoms with Crippen LogP contribution in [0.15, 0.2) is 18.2 Å². The number of Topliss-reactive ketones (excluding diaryl/α,β-unsaturated/α-hetero) is 2. The van der Waals surface area contributed by atoms with Crippen LogP contribution in [0, 0.1) is 23.1 Å². The van der Waals surface area contributed by atoms with Crippen LogP contribution in [0.4, 0.5) is 4.39 Å². The fourth-order valence-corrected chi connectivity index (χ4v) is 2.46. The van der Waals surface area contributed by atoms with Crippen LogP contribution < -0.4 is 5.32 Å². The third-order valence-electron chi connectivity index (χ3n) is 3.70. The molecule has 2 rings (SSSR count). The van der Waals surface area contributed by atoms with E-state index in [0.29, 0.717) is 0 Å². The summed E-state index contributed by atoms with van der Waals surface area (Å²) in [5.74, 6) is -6.90. The van der Waals surface area contributed by atoms with Gasteiger partial charge < -0.3 is 10.4 Å². The number of fused-ring (bicyclic) bond motifs is 1. The Hall–Kier alpha value is -3.08. The van der Waals surface area contributed by atoms with Crippen molar-refractivity contribution in [3.05, 3.63) is 35.1 Å². The Morgan fingerprint density at radius 3 is 2.65 bits per heavy atom. The lowest BCUT2D eigenvalue weighted by Crippen LogP contribution is -2.52. The van der Waals surface area contributed by atoms with E-state index in [0.717, 1.165) is 18.2 Å². The number of ketones is 2. The number of nitrogens with one attached hydrogen (secondary N) is 1. The van der Waals surface area contributed by atoms with Crippen molar-refractivity contribution in [1.82, 2.24) is 5.32 Å². The SMILES string of the molecule is C[C@@]1(C#N)C(=O)C(C(=O)NCC(=O)O)C(=O)c2ccc(F)cc21. The highest BCUT2D eigenvalue weighted by atomic mass is 19.1. The second-order valence-electron chi connectivity index (χ2n) is 5.20. The topological polar surface area (TPSA) is 124 Å². The number of amides is 1. The van der Waals surface area contributed by atoms with Crippen LogP contribution in [-0.4, -0.2) is 35.1 Å². The molecule has 1 amide bonds. The Morgan fingerprint density at radius 1 is 1.43 bits per heavy atom. The van der Waals surface area contributed by atoms with Crippen LogP contribution >= 0.6 is 0 Å². The molecule has 2 atom stereocenters. The van der Waals surface area contributed by atoms with Crippen LogP contribution in [0.1, 0.15) is 22.8 Å². The molecule has 118 valence electrons. The Bertz CT molecular complexity index is 783. The van der Waals surface area contributed by atoms with Crippen LogP contribution in [0.25, 0.3) is 0 Å². The summed E-state index contributed by atoms with van der Waals surface area (Å²) in [5, 5.41) is 19.8. The zero-order valence-corrected chi connectivity index (χ0v) is 11.9. The highest BCUT2D eigenvalue weighted by Gasteiger charge is 2.52. The molecule has 1 aromatic rings.